The Morgan fingerprint density at radius 3 is 2.73 bits per heavy atom. The molecule has 0 saturated heterocycles. The summed E-state index contributed by atoms with van der Waals surface area (Å²) in [6.07, 6.45) is 1.03. The van der Waals surface area contributed by atoms with Crippen molar-refractivity contribution in [2.24, 2.45) is 0 Å². The number of aromatic nitrogens is 3. The van der Waals surface area contributed by atoms with Gasteiger partial charge in [0, 0.05) is 23.6 Å². The van der Waals surface area contributed by atoms with Gasteiger partial charge in [0.2, 0.25) is 5.91 Å². The van der Waals surface area contributed by atoms with E-state index in [2.05, 4.69) is 10.1 Å². The molecule has 3 heterocycles. The molecule has 0 unspecified atom stereocenters. The first-order chi connectivity index (χ1) is 14.3. The van der Waals surface area contributed by atoms with Crippen LogP contribution in [0.3, 0.4) is 0 Å². The summed E-state index contributed by atoms with van der Waals surface area (Å²) in [5, 5.41) is 4.56. The van der Waals surface area contributed by atoms with Crippen LogP contribution in [0, 0.1) is 0 Å². The van der Waals surface area contributed by atoms with E-state index >= 15 is 0 Å². The number of imidazole rings is 1. The van der Waals surface area contributed by atoms with E-state index in [0.29, 0.717) is 23.7 Å². The summed E-state index contributed by atoms with van der Waals surface area (Å²) in [6.45, 7) is -1.24. The maximum atomic E-state index is 13.1. The van der Waals surface area contributed by atoms with Gasteiger partial charge in [0.05, 0.1) is 5.41 Å². The SMILES string of the molecule is O=C1N(CC(F)(F)F)c2cc([C@H]3C[C@@H]3c3cc(Cl)nn4ccnc34)ccc2C12CC2. The van der Waals surface area contributed by atoms with E-state index in [1.165, 1.54) is 0 Å². The Hall–Kier alpha value is -2.61. The predicted octanol–water partition coefficient (Wildman–Crippen LogP) is 4.59. The van der Waals surface area contributed by atoms with Gasteiger partial charge in [-0.2, -0.15) is 18.3 Å². The van der Waals surface area contributed by atoms with Crippen LogP contribution in [0.4, 0.5) is 18.9 Å². The molecule has 2 atom stereocenters. The molecule has 3 aromatic rings. The number of alkyl halides is 3. The molecule has 0 bridgehead atoms. The van der Waals surface area contributed by atoms with Crippen LogP contribution in [0.5, 0.6) is 0 Å². The Labute approximate surface area is 174 Å². The number of carbonyl (C=O) groups is 1. The number of rotatable bonds is 3. The third kappa shape index (κ3) is 2.59. The lowest BCUT2D eigenvalue weighted by atomic mass is 9.95. The van der Waals surface area contributed by atoms with Gasteiger partial charge in [-0.1, -0.05) is 23.7 Å². The number of amides is 1. The zero-order chi connectivity index (χ0) is 20.8. The molecule has 3 aliphatic rings. The van der Waals surface area contributed by atoms with Gasteiger partial charge in [0.15, 0.2) is 5.65 Å². The van der Waals surface area contributed by atoms with Crippen molar-refractivity contribution in [2.75, 3.05) is 11.4 Å². The zero-order valence-corrected chi connectivity index (χ0v) is 16.4. The zero-order valence-electron chi connectivity index (χ0n) is 15.7. The van der Waals surface area contributed by atoms with Crippen LogP contribution in [-0.4, -0.2) is 33.2 Å². The third-order valence-electron chi connectivity index (χ3n) is 6.55. The molecule has 154 valence electrons. The number of carbonyl (C=O) groups excluding carboxylic acids is 1. The quantitative estimate of drug-likeness (QED) is 0.608. The average Bonchev–Trinajstić information content (AvgIpc) is 3.59. The fraction of sp³-hybridized carbons (Fsp3) is 0.381. The van der Waals surface area contributed by atoms with Gasteiger partial charge in [0.25, 0.3) is 0 Å². The fourth-order valence-electron chi connectivity index (χ4n) is 4.92. The standard InChI is InChI=1S/C21H16ClF3N4O/c22-17-9-14(18-26-5-6-29(18)27-17)13-8-12(13)11-1-2-15-16(7-11)28(10-21(23,24)25)19(30)20(15)3-4-20/h1-2,5-7,9,12-13H,3-4,8,10H2/t12-,13+/m1/s1. The highest BCUT2D eigenvalue weighted by molar-refractivity contribution is 6.29. The molecule has 2 fully saturated rings. The molecular weight excluding hydrogens is 417 g/mol. The maximum Gasteiger partial charge on any atom is 0.406 e. The van der Waals surface area contributed by atoms with Gasteiger partial charge in [-0.3, -0.25) is 4.79 Å². The normalized spacial score (nSPS) is 24.0. The number of anilines is 1. The molecule has 9 heteroatoms. The van der Waals surface area contributed by atoms with E-state index in [1.54, 1.807) is 29.0 Å². The Balaban J connectivity index is 1.36. The summed E-state index contributed by atoms with van der Waals surface area (Å²) in [5.41, 5.74) is 3.07. The molecular formula is C21H16ClF3N4O. The van der Waals surface area contributed by atoms with Crippen LogP contribution >= 0.6 is 11.6 Å². The summed E-state index contributed by atoms with van der Waals surface area (Å²) in [4.78, 5) is 18.0. The van der Waals surface area contributed by atoms with E-state index in [4.69, 9.17) is 11.6 Å². The van der Waals surface area contributed by atoms with Crippen molar-refractivity contribution in [1.82, 2.24) is 14.6 Å². The van der Waals surface area contributed by atoms with Gasteiger partial charge in [-0.05, 0) is 54.4 Å². The largest absolute Gasteiger partial charge is 0.406 e. The highest BCUT2D eigenvalue weighted by Gasteiger charge is 2.60. The van der Waals surface area contributed by atoms with Crippen molar-refractivity contribution >= 4 is 28.8 Å². The number of nitrogens with zero attached hydrogens (tertiary/aromatic N) is 4. The number of hydrogen-bond acceptors (Lipinski definition) is 3. The Kier molecular flexibility index (Phi) is 3.49. The van der Waals surface area contributed by atoms with E-state index in [1.807, 2.05) is 12.1 Å². The Morgan fingerprint density at radius 2 is 2.00 bits per heavy atom. The van der Waals surface area contributed by atoms with Crippen molar-refractivity contribution in [3.8, 4) is 0 Å². The monoisotopic (exact) mass is 432 g/mol. The molecule has 1 aliphatic heterocycles. The van der Waals surface area contributed by atoms with E-state index in [0.717, 1.165) is 33.7 Å². The van der Waals surface area contributed by atoms with Crippen LogP contribution in [0.2, 0.25) is 5.15 Å². The topological polar surface area (TPSA) is 50.5 Å². The minimum Gasteiger partial charge on any atom is -0.302 e. The number of hydrogen-bond donors (Lipinski definition) is 0. The van der Waals surface area contributed by atoms with Gasteiger partial charge in [-0.25, -0.2) is 9.50 Å². The highest BCUT2D eigenvalue weighted by Crippen LogP contribution is 2.60. The lowest BCUT2D eigenvalue weighted by Gasteiger charge is -2.20. The van der Waals surface area contributed by atoms with Crippen LogP contribution in [-0.2, 0) is 10.2 Å². The lowest BCUT2D eigenvalue weighted by Crippen LogP contribution is -2.39. The minimum atomic E-state index is -4.44. The third-order valence-corrected chi connectivity index (χ3v) is 6.73. The maximum absolute atomic E-state index is 13.1. The lowest BCUT2D eigenvalue weighted by molar-refractivity contribution is -0.132. The second kappa shape index (κ2) is 5.75. The summed E-state index contributed by atoms with van der Waals surface area (Å²) < 4.78 is 41.0. The van der Waals surface area contributed by atoms with Crippen LogP contribution in [0.25, 0.3) is 5.65 Å². The fourth-order valence-corrected chi connectivity index (χ4v) is 5.12. The van der Waals surface area contributed by atoms with E-state index in [9.17, 15) is 18.0 Å². The minimum absolute atomic E-state index is 0.146. The van der Waals surface area contributed by atoms with Crippen molar-refractivity contribution in [3.63, 3.8) is 0 Å². The second-order valence-corrected chi connectivity index (χ2v) is 8.82. The number of benzene rings is 1. The summed E-state index contributed by atoms with van der Waals surface area (Å²) >= 11 is 6.15. The smallest absolute Gasteiger partial charge is 0.302 e. The van der Waals surface area contributed by atoms with E-state index in [-0.39, 0.29) is 11.8 Å². The van der Waals surface area contributed by atoms with Crippen molar-refractivity contribution < 1.29 is 18.0 Å². The molecule has 1 aromatic carbocycles. The van der Waals surface area contributed by atoms with E-state index < -0.39 is 24.0 Å². The van der Waals surface area contributed by atoms with Crippen molar-refractivity contribution in [2.45, 2.75) is 42.7 Å². The summed E-state index contributed by atoms with van der Waals surface area (Å²) in [7, 11) is 0. The first kappa shape index (κ1) is 18.2. The number of fused-ring (bicyclic) bond motifs is 3. The molecule has 0 radical (unpaired) electrons. The average molecular weight is 433 g/mol. The van der Waals surface area contributed by atoms with Crippen molar-refractivity contribution in [1.29, 1.82) is 0 Å². The molecule has 6 rings (SSSR count). The Morgan fingerprint density at radius 1 is 1.20 bits per heavy atom. The van der Waals surface area contributed by atoms with Gasteiger partial charge in [0.1, 0.15) is 11.7 Å². The summed E-state index contributed by atoms with van der Waals surface area (Å²) in [6, 6.07) is 7.40. The van der Waals surface area contributed by atoms with Gasteiger partial charge in [-0.15, -0.1) is 0 Å². The molecule has 5 nitrogen and oxygen atoms in total. The molecule has 2 aromatic heterocycles. The molecule has 2 aliphatic carbocycles. The second-order valence-electron chi connectivity index (χ2n) is 8.43. The molecule has 2 saturated carbocycles. The molecule has 1 amide bonds. The summed E-state index contributed by atoms with van der Waals surface area (Å²) in [5.74, 6) is -0.108. The van der Waals surface area contributed by atoms with Gasteiger partial charge < -0.3 is 4.90 Å². The molecule has 30 heavy (non-hydrogen) atoms. The Bertz CT molecular complexity index is 1220. The first-order valence-corrected chi connectivity index (χ1v) is 10.2. The molecule has 0 N–H and O–H groups in total. The molecule has 1 spiro atoms. The highest BCUT2D eigenvalue weighted by atomic mass is 35.5. The van der Waals surface area contributed by atoms with Crippen LogP contribution in [0.15, 0.2) is 36.7 Å². The van der Waals surface area contributed by atoms with Crippen LogP contribution in [0.1, 0.15) is 47.8 Å². The predicted molar refractivity (Wildman–Crippen MR) is 104 cm³/mol. The first-order valence-electron chi connectivity index (χ1n) is 9.80. The van der Waals surface area contributed by atoms with Crippen molar-refractivity contribution in [3.05, 3.63) is 58.5 Å². The van der Waals surface area contributed by atoms with Gasteiger partial charge >= 0.3 is 6.18 Å². The van der Waals surface area contributed by atoms with Crippen LogP contribution < -0.4 is 4.90 Å². The number of halogens is 4.